The van der Waals surface area contributed by atoms with Crippen LogP contribution in [0.3, 0.4) is 0 Å². The second-order valence-electron chi connectivity index (χ2n) is 5.96. The Morgan fingerprint density at radius 1 is 0.583 bits per heavy atom. The minimum atomic E-state index is -0.0652. The van der Waals surface area contributed by atoms with Gasteiger partial charge in [0.05, 0.1) is 6.16 Å². The highest BCUT2D eigenvalue weighted by Gasteiger charge is 2.35. The predicted molar refractivity (Wildman–Crippen MR) is 104 cm³/mol. The molecule has 3 aromatic rings. The molecular weight excluding hydrogens is 422 g/mol. The molecular formula is C22H24IP. The zero-order valence-electron chi connectivity index (χ0n) is 13.9. The first kappa shape index (κ1) is 19.1. The van der Waals surface area contributed by atoms with E-state index in [1.54, 1.807) is 0 Å². The highest BCUT2D eigenvalue weighted by molar-refractivity contribution is 7.16. The molecule has 0 bridgehead atoms. The Balaban J connectivity index is 0.00000208. The topological polar surface area (TPSA) is 0 Å². The van der Waals surface area contributed by atoms with Gasteiger partial charge in [0.15, 0.2) is 0 Å². The summed E-state index contributed by atoms with van der Waals surface area (Å²) in [5, 5.41) is 0. The normalized spacial score (nSPS) is 11.0. The van der Waals surface area contributed by atoms with Crippen LogP contribution < -0.4 is 24.0 Å². The molecule has 0 N–H and O–H groups in total. The number of halogens is 1. The molecule has 1 atom stereocenters. The van der Waals surface area contributed by atoms with Gasteiger partial charge in [0, 0.05) is 5.41 Å². The molecule has 0 radical (unpaired) electrons. The van der Waals surface area contributed by atoms with Crippen molar-refractivity contribution < 1.29 is 24.0 Å². The van der Waals surface area contributed by atoms with Crippen molar-refractivity contribution in [2.24, 2.45) is 0 Å². The van der Waals surface area contributed by atoms with Crippen LogP contribution in [0.1, 0.15) is 29.5 Å². The molecule has 3 aromatic carbocycles. The molecule has 1 unspecified atom stereocenters. The molecule has 0 aliphatic rings. The molecule has 0 saturated carbocycles. The van der Waals surface area contributed by atoms with E-state index < -0.39 is 0 Å². The molecule has 0 saturated heterocycles. The Bertz CT molecular complexity index is 614. The predicted octanol–water partition coefficient (Wildman–Crippen LogP) is 2.41. The van der Waals surface area contributed by atoms with Gasteiger partial charge in [-0.1, -0.05) is 91.0 Å². The SMILES string of the molecule is [I-].[PH3+]CCCC(c1ccccc1)(c1ccccc1)c1ccccc1. The van der Waals surface area contributed by atoms with E-state index in [1.807, 2.05) is 0 Å². The van der Waals surface area contributed by atoms with Crippen molar-refractivity contribution in [3.8, 4) is 0 Å². The van der Waals surface area contributed by atoms with E-state index in [4.69, 9.17) is 0 Å². The van der Waals surface area contributed by atoms with E-state index in [1.165, 1.54) is 29.3 Å². The Labute approximate surface area is 164 Å². The minimum Gasteiger partial charge on any atom is -1.00 e. The van der Waals surface area contributed by atoms with Crippen LogP contribution in [0.2, 0.25) is 0 Å². The van der Waals surface area contributed by atoms with Crippen LogP contribution in [0.25, 0.3) is 0 Å². The van der Waals surface area contributed by atoms with Crippen molar-refractivity contribution in [1.82, 2.24) is 0 Å². The van der Waals surface area contributed by atoms with E-state index in [-0.39, 0.29) is 29.4 Å². The number of hydrogen-bond acceptors (Lipinski definition) is 0. The standard InChI is InChI=1S/C22H23P.HI/c23-18-10-17-22(19-11-4-1-5-12-19,20-13-6-2-7-14-20)21-15-8-3-9-16-21;/h1-9,11-16H,10,17-18,23H2;1H. The largest absolute Gasteiger partial charge is 1.00 e. The van der Waals surface area contributed by atoms with Crippen LogP contribution in [0, 0.1) is 0 Å². The Morgan fingerprint density at radius 2 is 0.917 bits per heavy atom. The van der Waals surface area contributed by atoms with Gasteiger partial charge in [-0.3, -0.25) is 0 Å². The summed E-state index contributed by atoms with van der Waals surface area (Å²) in [5.74, 6) is 0. The molecule has 0 aromatic heterocycles. The van der Waals surface area contributed by atoms with Gasteiger partial charge < -0.3 is 24.0 Å². The molecule has 0 amide bonds. The van der Waals surface area contributed by atoms with Crippen molar-refractivity contribution in [2.75, 3.05) is 6.16 Å². The van der Waals surface area contributed by atoms with Crippen molar-refractivity contribution in [3.63, 3.8) is 0 Å². The maximum absolute atomic E-state index is 2.28. The van der Waals surface area contributed by atoms with E-state index in [0.717, 1.165) is 6.42 Å². The zero-order valence-corrected chi connectivity index (χ0v) is 17.4. The summed E-state index contributed by atoms with van der Waals surface area (Å²) in [6.07, 6.45) is 3.58. The van der Waals surface area contributed by atoms with Gasteiger partial charge in [-0.05, 0) is 38.8 Å². The molecule has 3 rings (SSSR count). The van der Waals surface area contributed by atoms with E-state index in [9.17, 15) is 0 Å². The lowest BCUT2D eigenvalue weighted by atomic mass is 9.67. The van der Waals surface area contributed by atoms with Crippen molar-refractivity contribution in [3.05, 3.63) is 108 Å². The van der Waals surface area contributed by atoms with Crippen LogP contribution >= 0.6 is 9.24 Å². The lowest BCUT2D eigenvalue weighted by molar-refractivity contribution is -0.00000445. The van der Waals surface area contributed by atoms with Crippen LogP contribution in [-0.2, 0) is 5.41 Å². The average molecular weight is 446 g/mol. The first-order valence-corrected chi connectivity index (χ1v) is 9.34. The van der Waals surface area contributed by atoms with Gasteiger partial charge >= 0.3 is 0 Å². The van der Waals surface area contributed by atoms with E-state index >= 15 is 0 Å². The summed E-state index contributed by atoms with van der Waals surface area (Å²) in [5.41, 5.74) is 4.09. The molecule has 0 spiro atoms. The molecule has 2 heteroatoms. The lowest BCUT2D eigenvalue weighted by Gasteiger charge is -2.36. The summed E-state index contributed by atoms with van der Waals surface area (Å²) in [6.45, 7) is 0. The molecule has 0 aliphatic carbocycles. The molecule has 24 heavy (non-hydrogen) atoms. The maximum Gasteiger partial charge on any atom is 0.0527 e. The summed E-state index contributed by atoms with van der Waals surface area (Å²) in [6, 6.07) is 32.9. The fourth-order valence-electron chi connectivity index (χ4n) is 3.49. The third-order valence-corrected chi connectivity index (χ3v) is 5.10. The van der Waals surface area contributed by atoms with Crippen LogP contribution in [0.15, 0.2) is 91.0 Å². The molecule has 124 valence electrons. The monoisotopic (exact) mass is 446 g/mol. The second-order valence-corrected chi connectivity index (χ2v) is 6.67. The first-order valence-electron chi connectivity index (χ1n) is 8.34. The minimum absolute atomic E-state index is 0. The Hall–Kier alpha value is -1.18. The molecule has 0 nitrogen and oxygen atoms in total. The highest BCUT2D eigenvalue weighted by Crippen LogP contribution is 2.43. The maximum atomic E-state index is 2.28. The summed E-state index contributed by atoms with van der Waals surface area (Å²) in [4.78, 5) is 0. The summed E-state index contributed by atoms with van der Waals surface area (Å²) in [7, 11) is 2.07. The van der Waals surface area contributed by atoms with Gasteiger partial charge in [-0.25, -0.2) is 0 Å². The molecule has 0 heterocycles. The van der Waals surface area contributed by atoms with Gasteiger partial charge in [0.1, 0.15) is 0 Å². The Morgan fingerprint density at radius 3 is 1.21 bits per heavy atom. The van der Waals surface area contributed by atoms with E-state index in [0.29, 0.717) is 0 Å². The smallest absolute Gasteiger partial charge is 0.0527 e. The van der Waals surface area contributed by atoms with Crippen molar-refractivity contribution in [1.29, 1.82) is 0 Å². The van der Waals surface area contributed by atoms with Gasteiger partial charge in [0.25, 0.3) is 0 Å². The molecule has 0 fully saturated rings. The van der Waals surface area contributed by atoms with E-state index in [2.05, 4.69) is 100 Å². The molecule has 0 aliphatic heterocycles. The van der Waals surface area contributed by atoms with Gasteiger partial charge in [0.2, 0.25) is 0 Å². The van der Waals surface area contributed by atoms with Crippen LogP contribution in [0.5, 0.6) is 0 Å². The van der Waals surface area contributed by atoms with Crippen molar-refractivity contribution >= 4 is 9.24 Å². The lowest BCUT2D eigenvalue weighted by Crippen LogP contribution is -3.00. The number of rotatable bonds is 6. The summed E-state index contributed by atoms with van der Waals surface area (Å²) >= 11 is 0. The third kappa shape index (κ3) is 3.90. The highest BCUT2D eigenvalue weighted by atomic mass is 127. The summed E-state index contributed by atoms with van der Waals surface area (Å²) < 4.78 is 0. The van der Waals surface area contributed by atoms with Gasteiger partial charge in [-0.15, -0.1) is 0 Å². The van der Waals surface area contributed by atoms with Crippen LogP contribution in [-0.4, -0.2) is 6.16 Å². The number of hydrogen-bond donors (Lipinski definition) is 0. The Kier molecular flexibility index (Phi) is 7.45. The second kappa shape index (κ2) is 9.34. The van der Waals surface area contributed by atoms with Crippen LogP contribution in [0.4, 0.5) is 0 Å². The third-order valence-electron chi connectivity index (χ3n) is 4.60. The average Bonchev–Trinajstić information content (AvgIpc) is 2.65. The quantitative estimate of drug-likeness (QED) is 0.310. The fraction of sp³-hybridized carbons (Fsp3) is 0.182. The van der Waals surface area contributed by atoms with Crippen molar-refractivity contribution in [2.45, 2.75) is 18.3 Å². The number of benzene rings is 3. The van der Waals surface area contributed by atoms with Gasteiger partial charge in [-0.2, -0.15) is 0 Å². The zero-order chi connectivity index (χ0) is 16.0. The first-order chi connectivity index (χ1) is 11.4. The fourth-order valence-corrected chi connectivity index (χ4v) is 3.74.